The van der Waals surface area contributed by atoms with E-state index in [-0.39, 0.29) is 0 Å². The van der Waals surface area contributed by atoms with Crippen molar-refractivity contribution in [3.63, 3.8) is 0 Å². The first-order valence-corrected chi connectivity index (χ1v) is 18.0. The summed E-state index contributed by atoms with van der Waals surface area (Å²) in [5, 5.41) is 0. The van der Waals surface area contributed by atoms with Crippen LogP contribution in [0.3, 0.4) is 0 Å². The molecule has 3 fully saturated rings. The molecule has 0 bridgehead atoms. The van der Waals surface area contributed by atoms with E-state index in [2.05, 4.69) is 15.9 Å². The molecule has 0 saturated heterocycles. The zero-order valence-corrected chi connectivity index (χ0v) is 18.4. The number of halogens is 1. The number of rotatable bonds is 4. The van der Waals surface area contributed by atoms with E-state index in [4.69, 9.17) is 0 Å². The average Bonchev–Trinajstić information content (AvgIpc) is 2.59. The zero-order chi connectivity index (χ0) is 14.5. The third-order valence-electron chi connectivity index (χ3n) is 7.33. The minimum absolute atomic E-state index is 1.25. The van der Waals surface area contributed by atoms with Gasteiger partial charge in [-0.25, -0.2) is 0 Å². The van der Waals surface area contributed by atoms with Gasteiger partial charge in [0.15, 0.2) is 0 Å². The Balaban J connectivity index is 1.85. The minimum atomic E-state index is -2.08. The monoisotopic (exact) mass is 462 g/mol. The summed E-state index contributed by atoms with van der Waals surface area (Å²) in [5.41, 5.74) is 0. The van der Waals surface area contributed by atoms with Crippen molar-refractivity contribution < 1.29 is 0 Å². The second-order valence-electron chi connectivity index (χ2n) is 8.25. The molecule has 3 aliphatic carbocycles. The molecule has 0 unspecified atom stereocenters. The summed E-state index contributed by atoms with van der Waals surface area (Å²) < 4.78 is 5.26. The fourth-order valence-corrected chi connectivity index (χ4v) is 35.7. The van der Waals surface area contributed by atoms with Crippen molar-refractivity contribution in [1.82, 2.24) is 0 Å². The molecule has 0 N–H and O–H groups in total. The molecular weight excluding hydrogens is 427 g/mol. The Labute approximate surface area is 145 Å². The summed E-state index contributed by atoms with van der Waals surface area (Å²) in [7, 11) is 0. The second kappa shape index (κ2) is 8.40. The van der Waals surface area contributed by atoms with Gasteiger partial charge in [-0.15, -0.1) is 0 Å². The van der Waals surface area contributed by atoms with Crippen LogP contribution >= 0.6 is 15.9 Å². The molecule has 0 aromatic rings. The molecule has 0 spiro atoms. The Morgan fingerprint density at radius 1 is 0.524 bits per heavy atom. The molecule has 0 aliphatic heterocycles. The number of hydrogen-bond donors (Lipinski definition) is 0. The Kier molecular flexibility index (Phi) is 6.84. The van der Waals surface area contributed by atoms with E-state index < -0.39 is 18.4 Å². The summed E-state index contributed by atoms with van der Waals surface area (Å²) in [6.45, 7) is 0. The number of hydrogen-bond acceptors (Lipinski definition) is 0. The van der Waals surface area contributed by atoms with Crippen LogP contribution in [0.2, 0.25) is 11.8 Å². The molecule has 3 aliphatic rings. The third kappa shape index (κ3) is 3.69. The van der Waals surface area contributed by atoms with Gasteiger partial charge in [0.25, 0.3) is 0 Å². The van der Waals surface area contributed by atoms with E-state index in [1.165, 1.54) is 34.4 Å². The average molecular weight is 462 g/mol. The first-order chi connectivity index (χ1) is 10.4. The van der Waals surface area contributed by atoms with Crippen LogP contribution in [-0.4, -0.2) is 21.7 Å². The molecule has 2 heteroatoms. The van der Waals surface area contributed by atoms with Gasteiger partial charge in [-0.05, 0) is 0 Å². The van der Waals surface area contributed by atoms with Crippen LogP contribution in [-0.2, 0) is 0 Å². The van der Waals surface area contributed by atoms with Crippen molar-refractivity contribution in [1.29, 1.82) is 0 Å². The van der Waals surface area contributed by atoms with Crippen LogP contribution in [0.15, 0.2) is 0 Å². The molecule has 21 heavy (non-hydrogen) atoms. The summed E-state index contributed by atoms with van der Waals surface area (Å²) >= 11 is 2.09. The van der Waals surface area contributed by atoms with Crippen LogP contribution < -0.4 is 0 Å². The topological polar surface area (TPSA) is 0 Å². The molecule has 3 rings (SSSR count). The van der Waals surface area contributed by atoms with Crippen molar-refractivity contribution in [3.8, 4) is 0 Å². The molecule has 0 aromatic heterocycles. The van der Waals surface area contributed by atoms with E-state index in [1.54, 1.807) is 77.0 Å². The van der Waals surface area contributed by atoms with Gasteiger partial charge < -0.3 is 0 Å². The fourth-order valence-electron chi connectivity index (χ4n) is 6.25. The van der Waals surface area contributed by atoms with Gasteiger partial charge in [-0.1, -0.05) is 0 Å². The van der Waals surface area contributed by atoms with Gasteiger partial charge >= 0.3 is 146 Å². The van der Waals surface area contributed by atoms with Gasteiger partial charge in [0.1, 0.15) is 0 Å². The predicted octanol–water partition coefficient (Wildman–Crippen LogP) is 7.37. The van der Waals surface area contributed by atoms with Crippen molar-refractivity contribution in [2.24, 2.45) is 0 Å². The maximum absolute atomic E-state index is 4.17. The molecule has 0 amide bonds. The third-order valence-corrected chi connectivity index (χ3v) is 33.1. The van der Waals surface area contributed by atoms with Crippen LogP contribution in [0, 0.1) is 0 Å². The summed E-state index contributed by atoms with van der Waals surface area (Å²) in [4.78, 5) is 0. The Hall–Kier alpha value is 1.28. The second-order valence-corrected chi connectivity index (χ2v) is 26.1. The van der Waals surface area contributed by atoms with Gasteiger partial charge in [0, 0.05) is 0 Å². The molecular formula is C19H35BrSn. The van der Waals surface area contributed by atoms with Crippen molar-refractivity contribution in [2.75, 3.05) is 3.35 Å². The molecule has 0 atom stereocenters. The maximum atomic E-state index is 4.17. The number of alkyl halides is 1. The van der Waals surface area contributed by atoms with Gasteiger partial charge in [-0.3, -0.25) is 0 Å². The molecule has 122 valence electrons. The molecule has 0 aromatic carbocycles. The normalized spacial score (nSPS) is 27.9. The molecule has 0 heterocycles. The van der Waals surface area contributed by atoms with Crippen LogP contribution in [0.4, 0.5) is 0 Å². The Bertz CT molecular complexity index is 253. The van der Waals surface area contributed by atoms with Crippen LogP contribution in [0.25, 0.3) is 0 Å². The predicted molar refractivity (Wildman–Crippen MR) is 100 cm³/mol. The van der Waals surface area contributed by atoms with E-state index in [0.29, 0.717) is 0 Å². The Morgan fingerprint density at radius 3 is 1.05 bits per heavy atom. The van der Waals surface area contributed by atoms with Crippen molar-refractivity contribution in [2.45, 2.75) is 108 Å². The van der Waals surface area contributed by atoms with Crippen molar-refractivity contribution >= 4 is 34.3 Å². The SMILES string of the molecule is Br[CH2][Sn]([CH]1CCCCC1)([CH]1CCCCC1)[CH]1CCCCC1. The molecule has 0 nitrogen and oxygen atoms in total. The summed E-state index contributed by atoms with van der Waals surface area (Å²) in [5.74, 6) is 0. The van der Waals surface area contributed by atoms with Crippen LogP contribution in [0.1, 0.15) is 96.3 Å². The summed E-state index contributed by atoms with van der Waals surface area (Å²) in [6, 6.07) is 0. The van der Waals surface area contributed by atoms with E-state index >= 15 is 0 Å². The molecule has 0 radical (unpaired) electrons. The van der Waals surface area contributed by atoms with Gasteiger partial charge in [0.2, 0.25) is 0 Å². The molecule has 3 saturated carbocycles. The van der Waals surface area contributed by atoms with Gasteiger partial charge in [-0.2, -0.15) is 0 Å². The van der Waals surface area contributed by atoms with Gasteiger partial charge in [0.05, 0.1) is 0 Å². The first-order valence-electron chi connectivity index (χ1n) is 9.94. The van der Waals surface area contributed by atoms with Crippen LogP contribution in [0.5, 0.6) is 0 Å². The van der Waals surface area contributed by atoms with E-state index in [1.807, 2.05) is 0 Å². The van der Waals surface area contributed by atoms with Crippen molar-refractivity contribution in [3.05, 3.63) is 0 Å². The first kappa shape index (κ1) is 17.1. The zero-order valence-electron chi connectivity index (χ0n) is 13.9. The standard InChI is InChI=1S/3C6H11.CH2Br.Sn/c3*1-2-4-6-5-3-1;1-2;/h3*1H,2-6H2;1H2;. The fraction of sp³-hybridized carbons (Fsp3) is 1.00. The Morgan fingerprint density at radius 2 is 0.810 bits per heavy atom. The quantitative estimate of drug-likeness (QED) is 0.302. The summed E-state index contributed by atoms with van der Waals surface area (Å²) in [6.07, 6.45) is 23.8. The van der Waals surface area contributed by atoms with E-state index in [9.17, 15) is 0 Å². The van der Waals surface area contributed by atoms with E-state index in [0.717, 1.165) is 0 Å².